The Morgan fingerprint density at radius 3 is 2.33 bits per heavy atom. The molecule has 0 saturated heterocycles. The van der Waals surface area contributed by atoms with Crippen LogP contribution in [0, 0.1) is 13.8 Å². The highest BCUT2D eigenvalue weighted by atomic mass is 32.1. The van der Waals surface area contributed by atoms with Crippen LogP contribution in [-0.4, -0.2) is 4.99 Å². The molecule has 0 aliphatic heterocycles. The highest BCUT2D eigenvalue weighted by Gasteiger charge is 2.08. The van der Waals surface area contributed by atoms with Crippen LogP contribution in [0.25, 0.3) is 0 Å². The number of aryl methyl sites for hydroxylation is 2. The van der Waals surface area contributed by atoms with Gasteiger partial charge in [0.15, 0.2) is 0 Å². The lowest BCUT2D eigenvalue weighted by Gasteiger charge is -2.13. The van der Waals surface area contributed by atoms with Crippen LogP contribution >= 0.6 is 12.2 Å². The van der Waals surface area contributed by atoms with Crippen molar-refractivity contribution in [1.82, 2.24) is 0 Å². The number of nitrogens with two attached hydrogens (primary N) is 1. The van der Waals surface area contributed by atoms with Crippen molar-refractivity contribution in [2.45, 2.75) is 33.6 Å². The monoisotopic (exact) mass is 299 g/mol. The summed E-state index contributed by atoms with van der Waals surface area (Å²) in [6, 6.07) is 12.1. The standard InChI is InChI=1S/C18H21NOS/c1-11(2)14-6-5-12(3)17(10-14)20-15-7-8-16(18(19)21)13(4)9-15/h5-11H,1-4H3,(H2,19,21). The fraction of sp³-hybridized carbons (Fsp3) is 0.278. The van der Waals surface area contributed by atoms with Crippen LogP contribution in [0.1, 0.15) is 42.0 Å². The van der Waals surface area contributed by atoms with Crippen LogP contribution in [0.2, 0.25) is 0 Å². The lowest BCUT2D eigenvalue weighted by atomic mass is 10.0. The third-order valence-electron chi connectivity index (χ3n) is 3.57. The summed E-state index contributed by atoms with van der Waals surface area (Å²) in [4.78, 5) is 0.414. The number of rotatable bonds is 4. The second-order valence-corrected chi connectivity index (χ2v) is 6.06. The van der Waals surface area contributed by atoms with Gasteiger partial charge in [-0.05, 0) is 60.7 Å². The second-order valence-electron chi connectivity index (χ2n) is 5.62. The van der Waals surface area contributed by atoms with E-state index in [-0.39, 0.29) is 0 Å². The van der Waals surface area contributed by atoms with E-state index in [0.717, 1.165) is 28.2 Å². The highest BCUT2D eigenvalue weighted by molar-refractivity contribution is 7.80. The number of benzene rings is 2. The normalized spacial score (nSPS) is 10.7. The van der Waals surface area contributed by atoms with Crippen molar-refractivity contribution in [2.24, 2.45) is 5.73 Å². The summed E-state index contributed by atoms with van der Waals surface area (Å²) in [7, 11) is 0. The Morgan fingerprint density at radius 1 is 1.05 bits per heavy atom. The molecule has 0 bridgehead atoms. The Hall–Kier alpha value is -1.87. The largest absolute Gasteiger partial charge is 0.457 e. The summed E-state index contributed by atoms with van der Waals surface area (Å²) in [5.74, 6) is 2.17. The summed E-state index contributed by atoms with van der Waals surface area (Å²) < 4.78 is 6.03. The molecule has 110 valence electrons. The minimum Gasteiger partial charge on any atom is -0.457 e. The van der Waals surface area contributed by atoms with Gasteiger partial charge in [-0.3, -0.25) is 0 Å². The van der Waals surface area contributed by atoms with Crippen LogP contribution in [0.3, 0.4) is 0 Å². The molecular weight excluding hydrogens is 278 g/mol. The smallest absolute Gasteiger partial charge is 0.130 e. The molecule has 3 heteroatoms. The number of ether oxygens (including phenoxy) is 1. The van der Waals surface area contributed by atoms with E-state index in [4.69, 9.17) is 22.7 Å². The highest BCUT2D eigenvalue weighted by Crippen LogP contribution is 2.29. The predicted octanol–water partition coefficient (Wildman–Crippen LogP) is 4.85. The summed E-state index contributed by atoms with van der Waals surface area (Å²) >= 11 is 5.03. The van der Waals surface area contributed by atoms with Crippen molar-refractivity contribution in [3.05, 3.63) is 58.7 Å². The molecular formula is C18H21NOS. The van der Waals surface area contributed by atoms with Crippen molar-refractivity contribution in [1.29, 1.82) is 0 Å². The minimum absolute atomic E-state index is 0.414. The maximum atomic E-state index is 6.03. The first-order valence-electron chi connectivity index (χ1n) is 7.07. The third kappa shape index (κ3) is 3.61. The first kappa shape index (κ1) is 15.5. The molecule has 0 unspecified atom stereocenters. The first-order valence-corrected chi connectivity index (χ1v) is 7.48. The average molecular weight is 299 g/mol. The van der Waals surface area contributed by atoms with E-state index in [1.54, 1.807) is 0 Å². The number of hydrogen-bond donors (Lipinski definition) is 1. The van der Waals surface area contributed by atoms with E-state index >= 15 is 0 Å². The van der Waals surface area contributed by atoms with Gasteiger partial charge in [-0.2, -0.15) is 0 Å². The van der Waals surface area contributed by atoms with Crippen molar-refractivity contribution in [3.63, 3.8) is 0 Å². The van der Waals surface area contributed by atoms with Crippen LogP contribution in [-0.2, 0) is 0 Å². The summed E-state index contributed by atoms with van der Waals surface area (Å²) in [5, 5.41) is 0. The summed E-state index contributed by atoms with van der Waals surface area (Å²) in [6.45, 7) is 8.39. The van der Waals surface area contributed by atoms with Crippen molar-refractivity contribution >= 4 is 17.2 Å². The Balaban J connectivity index is 2.32. The van der Waals surface area contributed by atoms with Gasteiger partial charge in [-0.15, -0.1) is 0 Å². The second kappa shape index (κ2) is 6.27. The van der Waals surface area contributed by atoms with Gasteiger partial charge in [0.1, 0.15) is 16.5 Å². The van der Waals surface area contributed by atoms with Crippen LogP contribution in [0.4, 0.5) is 0 Å². The molecule has 0 fully saturated rings. The molecule has 0 radical (unpaired) electrons. The molecule has 2 aromatic rings. The maximum absolute atomic E-state index is 6.03. The molecule has 21 heavy (non-hydrogen) atoms. The molecule has 0 aliphatic rings. The van der Waals surface area contributed by atoms with Crippen LogP contribution < -0.4 is 10.5 Å². The van der Waals surface area contributed by atoms with E-state index in [1.807, 2.05) is 25.1 Å². The van der Waals surface area contributed by atoms with Gasteiger partial charge in [-0.1, -0.05) is 38.2 Å². The molecule has 2 rings (SSSR count). The zero-order chi connectivity index (χ0) is 15.6. The van der Waals surface area contributed by atoms with E-state index in [9.17, 15) is 0 Å². The molecule has 2 N–H and O–H groups in total. The van der Waals surface area contributed by atoms with Gasteiger partial charge in [-0.25, -0.2) is 0 Å². The third-order valence-corrected chi connectivity index (χ3v) is 3.79. The molecule has 0 aromatic heterocycles. The molecule has 0 saturated carbocycles. The fourth-order valence-corrected chi connectivity index (χ4v) is 2.42. The Bertz CT molecular complexity index is 677. The Morgan fingerprint density at radius 2 is 1.76 bits per heavy atom. The Kier molecular flexibility index (Phi) is 4.63. The molecule has 2 aromatic carbocycles. The van der Waals surface area contributed by atoms with Crippen LogP contribution in [0.15, 0.2) is 36.4 Å². The van der Waals surface area contributed by atoms with Gasteiger partial charge in [0.2, 0.25) is 0 Å². The summed E-state index contributed by atoms with van der Waals surface area (Å²) in [6.07, 6.45) is 0. The van der Waals surface area contributed by atoms with Crippen LogP contribution in [0.5, 0.6) is 11.5 Å². The van der Waals surface area contributed by atoms with E-state index < -0.39 is 0 Å². The number of hydrogen-bond acceptors (Lipinski definition) is 2. The Labute approximate surface area is 131 Å². The van der Waals surface area contributed by atoms with E-state index in [0.29, 0.717) is 10.9 Å². The molecule has 0 aliphatic carbocycles. The summed E-state index contributed by atoms with van der Waals surface area (Å²) in [5.41, 5.74) is 10.00. The molecule has 0 atom stereocenters. The molecule has 0 heterocycles. The molecule has 0 amide bonds. The molecule has 2 nitrogen and oxygen atoms in total. The van der Waals surface area contributed by atoms with Crippen molar-refractivity contribution in [2.75, 3.05) is 0 Å². The minimum atomic E-state index is 0.414. The van der Waals surface area contributed by atoms with Crippen molar-refractivity contribution in [3.8, 4) is 11.5 Å². The average Bonchev–Trinajstić information content (AvgIpc) is 2.40. The fourth-order valence-electron chi connectivity index (χ4n) is 2.19. The van der Waals surface area contributed by atoms with Gasteiger partial charge < -0.3 is 10.5 Å². The first-order chi connectivity index (χ1) is 9.88. The topological polar surface area (TPSA) is 35.2 Å². The molecule has 0 spiro atoms. The zero-order valence-corrected chi connectivity index (χ0v) is 13.8. The number of thiocarbonyl (C=S) groups is 1. The maximum Gasteiger partial charge on any atom is 0.130 e. The van der Waals surface area contributed by atoms with Gasteiger partial charge >= 0.3 is 0 Å². The zero-order valence-electron chi connectivity index (χ0n) is 12.9. The lowest BCUT2D eigenvalue weighted by Crippen LogP contribution is -2.10. The predicted molar refractivity (Wildman–Crippen MR) is 92.4 cm³/mol. The quantitative estimate of drug-likeness (QED) is 0.819. The lowest BCUT2D eigenvalue weighted by molar-refractivity contribution is 0.477. The van der Waals surface area contributed by atoms with E-state index in [1.165, 1.54) is 5.56 Å². The van der Waals surface area contributed by atoms with Gasteiger partial charge in [0.25, 0.3) is 0 Å². The SMILES string of the molecule is Cc1ccc(C(C)C)cc1Oc1ccc(C(N)=S)c(C)c1. The van der Waals surface area contributed by atoms with Gasteiger partial charge in [0.05, 0.1) is 0 Å². The van der Waals surface area contributed by atoms with Gasteiger partial charge in [0, 0.05) is 5.56 Å². The van der Waals surface area contributed by atoms with E-state index in [2.05, 4.69) is 39.0 Å². The van der Waals surface area contributed by atoms with Crippen molar-refractivity contribution < 1.29 is 4.74 Å².